The molecule has 0 aliphatic rings. The molecule has 3 N–H and O–H groups in total. The van der Waals surface area contributed by atoms with Crippen molar-refractivity contribution in [3.8, 4) is 5.75 Å². The minimum Gasteiger partial charge on any atom is -0.492 e. The molecule has 0 aliphatic heterocycles. The molecule has 0 bridgehead atoms. The Morgan fingerprint density at radius 3 is 2.29 bits per heavy atom. The van der Waals surface area contributed by atoms with Crippen molar-refractivity contribution in [3.05, 3.63) is 47.5 Å². The number of methoxy groups -OCH3 is 1. The Morgan fingerprint density at radius 1 is 1.18 bits per heavy atom. The van der Waals surface area contributed by atoms with Crippen LogP contribution in [0.1, 0.15) is 17.3 Å². The topological polar surface area (TPSA) is 122 Å². The molecule has 0 spiro atoms. The van der Waals surface area contributed by atoms with Gasteiger partial charge in [0.1, 0.15) is 27.8 Å². The van der Waals surface area contributed by atoms with E-state index in [-0.39, 0.29) is 17.8 Å². The zero-order valence-electron chi connectivity index (χ0n) is 14.8. The van der Waals surface area contributed by atoms with Crippen LogP contribution in [0.15, 0.2) is 35.2 Å². The summed E-state index contributed by atoms with van der Waals surface area (Å²) in [5, 5.41) is 18.4. The van der Waals surface area contributed by atoms with E-state index in [1.165, 1.54) is 0 Å². The smallest absolute Gasteiger partial charge is 0.488 e. The summed E-state index contributed by atoms with van der Waals surface area (Å²) in [4.78, 5) is 11.0. The quantitative estimate of drug-likeness (QED) is 0.448. The fourth-order valence-corrected chi connectivity index (χ4v) is 3.48. The summed E-state index contributed by atoms with van der Waals surface area (Å²) in [5.74, 6) is -4.06. The highest BCUT2D eigenvalue weighted by Gasteiger charge is 2.25. The average Bonchev–Trinajstić information content (AvgIpc) is 2.60. The Balaban J connectivity index is 2.45. The molecule has 0 fully saturated rings. The number of sulfonamides is 1. The molecule has 0 saturated heterocycles. The number of hydrogen-bond acceptors (Lipinski definition) is 7. The van der Waals surface area contributed by atoms with Gasteiger partial charge in [0.2, 0.25) is 0 Å². The molecular formula is C16H16BF2NO7S. The second-order valence-electron chi connectivity index (χ2n) is 5.42. The molecule has 150 valence electrons. The van der Waals surface area contributed by atoms with E-state index < -0.39 is 50.9 Å². The number of esters is 1. The van der Waals surface area contributed by atoms with Crippen molar-refractivity contribution in [3.63, 3.8) is 0 Å². The number of halogens is 2. The van der Waals surface area contributed by atoms with Gasteiger partial charge in [0.05, 0.1) is 19.4 Å². The van der Waals surface area contributed by atoms with Crippen LogP contribution in [0.25, 0.3) is 0 Å². The number of benzene rings is 2. The van der Waals surface area contributed by atoms with E-state index in [0.29, 0.717) is 12.1 Å². The Labute approximate surface area is 159 Å². The maximum Gasteiger partial charge on any atom is 0.488 e. The molecule has 2 aromatic carbocycles. The van der Waals surface area contributed by atoms with Gasteiger partial charge >= 0.3 is 13.1 Å². The normalized spacial score (nSPS) is 11.1. The van der Waals surface area contributed by atoms with Gasteiger partial charge in [-0.3, -0.25) is 4.72 Å². The first-order chi connectivity index (χ1) is 13.1. The van der Waals surface area contributed by atoms with Crippen LogP contribution in [0.4, 0.5) is 14.5 Å². The van der Waals surface area contributed by atoms with Crippen molar-refractivity contribution in [2.24, 2.45) is 0 Å². The molecule has 0 aromatic heterocycles. The van der Waals surface area contributed by atoms with Crippen molar-refractivity contribution in [2.45, 2.75) is 11.8 Å². The molecule has 0 radical (unpaired) electrons. The standard InChI is InChI=1S/C16H16BF2NO7S/c1-3-27-13-6-9(17(22)23)4-5-14(13)28(24,25)20-10-7-11(18)15(12(19)8-10)16(21)26-2/h4-8,20,22-23H,3H2,1-2H3. The number of carbonyl (C=O) groups excluding carboxylic acids is 1. The van der Waals surface area contributed by atoms with Crippen LogP contribution in [-0.4, -0.2) is 45.3 Å². The average molecular weight is 415 g/mol. The lowest BCUT2D eigenvalue weighted by Gasteiger charge is -2.14. The van der Waals surface area contributed by atoms with Crippen LogP contribution in [0.2, 0.25) is 0 Å². The number of anilines is 1. The highest BCUT2D eigenvalue weighted by molar-refractivity contribution is 7.92. The van der Waals surface area contributed by atoms with Gasteiger partial charge in [-0.15, -0.1) is 0 Å². The Morgan fingerprint density at radius 2 is 1.79 bits per heavy atom. The molecule has 0 unspecified atom stereocenters. The van der Waals surface area contributed by atoms with Crippen LogP contribution in [0.3, 0.4) is 0 Å². The molecular weight excluding hydrogens is 399 g/mol. The van der Waals surface area contributed by atoms with Gasteiger partial charge in [-0.1, -0.05) is 6.07 Å². The second-order valence-corrected chi connectivity index (χ2v) is 7.08. The third-order valence-electron chi connectivity index (χ3n) is 3.54. The van der Waals surface area contributed by atoms with Crippen molar-refractivity contribution >= 4 is 34.3 Å². The van der Waals surface area contributed by atoms with Crippen molar-refractivity contribution < 1.29 is 41.5 Å². The van der Waals surface area contributed by atoms with Gasteiger partial charge < -0.3 is 19.5 Å². The second kappa shape index (κ2) is 8.54. The van der Waals surface area contributed by atoms with E-state index >= 15 is 0 Å². The SMILES string of the molecule is CCOc1cc(B(O)O)ccc1S(=O)(=O)Nc1cc(F)c(C(=O)OC)c(F)c1. The molecule has 0 amide bonds. The number of nitrogens with one attached hydrogen (secondary N) is 1. The van der Waals surface area contributed by atoms with Crippen molar-refractivity contribution in [2.75, 3.05) is 18.4 Å². The molecule has 2 aromatic rings. The Hall–Kier alpha value is -2.70. The van der Waals surface area contributed by atoms with E-state index in [4.69, 9.17) is 4.74 Å². The van der Waals surface area contributed by atoms with Gasteiger partial charge in [0, 0.05) is 0 Å². The van der Waals surface area contributed by atoms with E-state index in [2.05, 4.69) is 4.74 Å². The van der Waals surface area contributed by atoms with Gasteiger partial charge in [-0.2, -0.15) is 0 Å². The van der Waals surface area contributed by atoms with E-state index in [0.717, 1.165) is 25.3 Å². The maximum absolute atomic E-state index is 14.0. The monoisotopic (exact) mass is 415 g/mol. The minimum absolute atomic E-state index is 0.0121. The molecule has 28 heavy (non-hydrogen) atoms. The maximum atomic E-state index is 14.0. The largest absolute Gasteiger partial charge is 0.492 e. The summed E-state index contributed by atoms with van der Waals surface area (Å²) in [5.41, 5.74) is -1.44. The minimum atomic E-state index is -4.37. The first-order valence-corrected chi connectivity index (χ1v) is 9.32. The molecule has 8 nitrogen and oxygen atoms in total. The van der Waals surface area contributed by atoms with Gasteiger partial charge in [-0.25, -0.2) is 22.0 Å². The zero-order chi connectivity index (χ0) is 21.1. The highest BCUT2D eigenvalue weighted by Crippen LogP contribution is 2.27. The summed E-state index contributed by atoms with van der Waals surface area (Å²) in [6.07, 6.45) is 0. The van der Waals surface area contributed by atoms with E-state index in [1.807, 2.05) is 4.72 Å². The lowest BCUT2D eigenvalue weighted by atomic mass is 9.80. The lowest BCUT2D eigenvalue weighted by Crippen LogP contribution is -2.30. The number of carbonyl (C=O) groups is 1. The van der Waals surface area contributed by atoms with Gasteiger partial charge in [0.15, 0.2) is 0 Å². The first kappa shape index (κ1) is 21.6. The molecule has 0 saturated carbocycles. The number of ether oxygens (including phenoxy) is 2. The lowest BCUT2D eigenvalue weighted by molar-refractivity contribution is 0.0590. The summed E-state index contributed by atoms with van der Waals surface area (Å²) < 4.78 is 64.7. The number of hydrogen-bond donors (Lipinski definition) is 3. The van der Waals surface area contributed by atoms with E-state index in [1.54, 1.807) is 6.92 Å². The molecule has 0 aliphatic carbocycles. The predicted molar refractivity (Wildman–Crippen MR) is 95.9 cm³/mol. The summed E-state index contributed by atoms with van der Waals surface area (Å²) in [7, 11) is -5.27. The fraction of sp³-hybridized carbons (Fsp3) is 0.188. The van der Waals surface area contributed by atoms with Crippen LogP contribution in [0.5, 0.6) is 5.75 Å². The number of rotatable bonds is 7. The Kier molecular flexibility index (Phi) is 6.59. The third kappa shape index (κ3) is 4.58. The van der Waals surface area contributed by atoms with Crippen molar-refractivity contribution in [1.29, 1.82) is 0 Å². The highest BCUT2D eigenvalue weighted by atomic mass is 32.2. The summed E-state index contributed by atoms with van der Waals surface area (Å²) in [6, 6.07) is 4.56. The zero-order valence-corrected chi connectivity index (χ0v) is 15.6. The van der Waals surface area contributed by atoms with Crippen molar-refractivity contribution in [1.82, 2.24) is 0 Å². The van der Waals surface area contributed by atoms with Crippen LogP contribution in [0, 0.1) is 11.6 Å². The fourth-order valence-electron chi connectivity index (χ4n) is 2.31. The third-order valence-corrected chi connectivity index (χ3v) is 4.96. The van der Waals surface area contributed by atoms with Crippen LogP contribution < -0.4 is 14.9 Å². The molecule has 12 heteroatoms. The van der Waals surface area contributed by atoms with Crippen LogP contribution >= 0.6 is 0 Å². The molecule has 0 heterocycles. The van der Waals surface area contributed by atoms with E-state index in [9.17, 15) is 32.0 Å². The molecule has 2 rings (SSSR count). The first-order valence-electron chi connectivity index (χ1n) is 7.83. The molecule has 0 atom stereocenters. The van der Waals surface area contributed by atoms with Gasteiger partial charge in [0.25, 0.3) is 10.0 Å². The Bertz CT molecular complexity index is 975. The summed E-state index contributed by atoms with van der Waals surface area (Å²) >= 11 is 0. The summed E-state index contributed by atoms with van der Waals surface area (Å²) in [6.45, 7) is 1.66. The predicted octanol–water partition coefficient (Wildman–Crippen LogP) is 0.631. The van der Waals surface area contributed by atoms with Gasteiger partial charge in [-0.05, 0) is 36.7 Å². The van der Waals surface area contributed by atoms with Crippen LogP contribution in [-0.2, 0) is 14.8 Å².